The number of nitrogens with zero attached hydrogens (tertiary/aromatic N) is 4. The number of phenolic OH excluding ortho intramolecular Hbond substituents is 2. The van der Waals surface area contributed by atoms with Crippen molar-refractivity contribution in [1.29, 1.82) is 0 Å². The molecule has 0 aliphatic carbocycles. The van der Waals surface area contributed by atoms with Gasteiger partial charge in [-0.2, -0.15) is 0 Å². The molecule has 0 unspecified atom stereocenters. The Morgan fingerprint density at radius 1 is 0.396 bits per heavy atom. The predicted octanol–water partition coefficient (Wildman–Crippen LogP) is 19.0. The van der Waals surface area contributed by atoms with Crippen molar-refractivity contribution in [2.75, 3.05) is 50.3 Å². The van der Waals surface area contributed by atoms with Gasteiger partial charge in [0.25, 0.3) is 0 Å². The molecule has 0 aliphatic heterocycles. The fourth-order valence-corrected chi connectivity index (χ4v) is 12.6. The van der Waals surface area contributed by atoms with E-state index in [0.717, 1.165) is 99.5 Å². The van der Waals surface area contributed by atoms with Crippen LogP contribution >= 0.6 is 0 Å². The van der Waals surface area contributed by atoms with Crippen molar-refractivity contribution in [2.45, 2.75) is 89.4 Å². The number of para-hydroxylation sites is 6. The van der Waals surface area contributed by atoms with Crippen LogP contribution < -0.4 is 20.0 Å². The number of methoxy groups -OCH3 is 2. The second kappa shape index (κ2) is 27.5. The molecule has 2 aromatic heterocycles. The molecule has 0 spiro atoms. The molecule has 0 atom stereocenters. The fraction of sp³-hybridized carbons (Fsp3) is 0.250. The Balaban J connectivity index is 0.000000192. The standard InChI is InChI=1S/2C39H40N2O3.2CH3.Hf/c2*1-25-21-30(37(42)31(22-25)39(3,4)5)29-15-7-10-16-32(29)40(19-20-44-6)35-23-26(2)24-36(38(35)43)41-33-17-11-8-13-27(33)28-14-9-12-18-34(28)41;;;/h2*7-18,21-24,42-43H,19-20H2,1-6H3;2*1H3;/q;;;;+2/p-2. The van der Waals surface area contributed by atoms with E-state index in [0.29, 0.717) is 60.2 Å². The first-order valence-electron chi connectivity index (χ1n) is 31.2. The monoisotopic (exact) mass is 1380 g/mol. The Labute approximate surface area is 548 Å². The Hall–Kier alpha value is -8.61. The number of anilines is 4. The van der Waals surface area contributed by atoms with Crippen LogP contribution in [-0.4, -0.2) is 59.9 Å². The Morgan fingerprint density at radius 2 is 0.681 bits per heavy atom. The molecule has 12 rings (SSSR count). The first-order valence-corrected chi connectivity index (χ1v) is 38.4. The van der Waals surface area contributed by atoms with Gasteiger partial charge in [0.2, 0.25) is 0 Å². The second-order valence-corrected chi connectivity index (χ2v) is 29.3. The molecular weight excluding hydrogens is 1290 g/mol. The number of hydrogen-bond acceptors (Lipinski definition) is 8. The topological polar surface area (TPSA) is 121 Å². The van der Waals surface area contributed by atoms with Crippen LogP contribution in [0.25, 0.3) is 77.2 Å². The molecule has 0 bridgehead atoms. The SMILES string of the molecule is COCCN(c1ccccc1-c1cc(C)cc(C(C)(C)C)c1[O-])c1cc(C)cc(-n2c3ccccc3c3ccccc32)c1O.COCCN(c1ccccc1-c1cc(C)cc(C(C)(C)C)c1[O-])c1cc(C)cc(-n2c3ccccc3c3ccccc32)c1O.[CH3][Hf+2][CH3]. The van der Waals surface area contributed by atoms with E-state index in [9.17, 15) is 20.4 Å². The summed E-state index contributed by atoms with van der Waals surface area (Å²) >= 11 is 0.0833. The van der Waals surface area contributed by atoms with Gasteiger partial charge >= 0.3 is 32.3 Å². The molecule has 10 nitrogen and oxygen atoms in total. The van der Waals surface area contributed by atoms with Crippen LogP contribution in [-0.2, 0) is 43.2 Å². The van der Waals surface area contributed by atoms with Gasteiger partial charge in [0, 0.05) is 71.4 Å². The van der Waals surface area contributed by atoms with Crippen molar-refractivity contribution in [3.05, 3.63) is 228 Å². The molecule has 0 fully saturated rings. The minimum atomic E-state index is -0.297. The van der Waals surface area contributed by atoms with Gasteiger partial charge in [-0.3, -0.25) is 0 Å². The van der Waals surface area contributed by atoms with Gasteiger partial charge in [-0.1, -0.05) is 198 Å². The van der Waals surface area contributed by atoms with Gasteiger partial charge < -0.3 is 48.8 Å². The molecule has 2 heterocycles. The molecule has 0 aliphatic rings. The first-order chi connectivity index (χ1) is 43.6. The van der Waals surface area contributed by atoms with Crippen LogP contribution in [0.15, 0.2) is 194 Å². The van der Waals surface area contributed by atoms with Crippen molar-refractivity contribution >= 4 is 66.4 Å². The van der Waals surface area contributed by atoms with E-state index in [-0.39, 0.29) is 56.7 Å². The maximum absolute atomic E-state index is 14.0. The van der Waals surface area contributed by atoms with Crippen molar-refractivity contribution in [2.24, 2.45) is 0 Å². The molecular formula is C80H84HfN4O6. The van der Waals surface area contributed by atoms with E-state index < -0.39 is 0 Å². The van der Waals surface area contributed by atoms with Crippen molar-refractivity contribution in [1.82, 2.24) is 9.13 Å². The summed E-state index contributed by atoms with van der Waals surface area (Å²) in [6.07, 6.45) is 0. The van der Waals surface area contributed by atoms with Gasteiger partial charge in [-0.15, -0.1) is 0 Å². The third kappa shape index (κ3) is 13.2. The van der Waals surface area contributed by atoms with E-state index in [1.54, 1.807) is 14.2 Å². The molecule has 11 heteroatoms. The first kappa shape index (κ1) is 65.3. The van der Waals surface area contributed by atoms with E-state index in [1.807, 2.05) is 173 Å². The van der Waals surface area contributed by atoms with Crippen LogP contribution in [0.5, 0.6) is 23.0 Å². The average molecular weight is 1380 g/mol. The molecule has 0 amide bonds. The van der Waals surface area contributed by atoms with Gasteiger partial charge in [0.05, 0.1) is 58.0 Å². The molecule has 0 saturated carbocycles. The number of benzene rings is 10. The quantitative estimate of drug-likeness (QED) is 0.103. The van der Waals surface area contributed by atoms with Gasteiger partial charge in [0.1, 0.15) is 0 Å². The number of aromatic nitrogens is 2. The number of aryl methyl sites for hydroxylation is 4. The van der Waals surface area contributed by atoms with Crippen molar-refractivity contribution < 1.29 is 52.8 Å². The zero-order chi connectivity index (χ0) is 65.1. The van der Waals surface area contributed by atoms with Crippen molar-refractivity contribution in [3.8, 4) is 56.6 Å². The molecule has 0 saturated heterocycles. The fourth-order valence-electron chi connectivity index (χ4n) is 12.6. The van der Waals surface area contributed by atoms with Crippen LogP contribution in [0.2, 0.25) is 9.36 Å². The molecule has 464 valence electrons. The Kier molecular flexibility index (Phi) is 19.7. The van der Waals surface area contributed by atoms with E-state index in [4.69, 9.17) is 9.47 Å². The minimum absolute atomic E-state index is 0.0293. The van der Waals surface area contributed by atoms with Crippen LogP contribution in [0.4, 0.5) is 22.7 Å². The summed E-state index contributed by atoms with van der Waals surface area (Å²) in [6, 6.07) is 65.1. The normalized spacial score (nSPS) is 11.6. The molecule has 91 heavy (non-hydrogen) atoms. The third-order valence-corrected chi connectivity index (χ3v) is 16.7. The summed E-state index contributed by atoms with van der Waals surface area (Å²) in [5, 5.41) is 56.8. The number of aromatic hydroxyl groups is 2. The summed E-state index contributed by atoms with van der Waals surface area (Å²) in [5.74, 6) is 0.383. The molecule has 12 aromatic rings. The summed E-state index contributed by atoms with van der Waals surface area (Å²) < 4.78 is 20.1. The summed E-state index contributed by atoms with van der Waals surface area (Å²) in [5.41, 5.74) is 16.5. The van der Waals surface area contributed by atoms with Gasteiger partial charge in [-0.05, 0) is 133 Å². The molecule has 2 N–H and O–H groups in total. The van der Waals surface area contributed by atoms with E-state index in [2.05, 4.69) is 118 Å². The molecule has 0 radical (unpaired) electrons. The van der Waals surface area contributed by atoms with Crippen LogP contribution in [0.1, 0.15) is 74.9 Å². The Morgan fingerprint density at radius 3 is 0.989 bits per heavy atom. The average Bonchev–Trinajstić information content (AvgIpc) is 1.65. The number of hydrogen-bond donors (Lipinski definition) is 2. The zero-order valence-electron chi connectivity index (χ0n) is 55.1. The number of fused-ring (bicyclic) bond motifs is 6. The number of phenols is 2. The number of ether oxygens (including phenoxy) is 2. The maximum atomic E-state index is 14.0. The van der Waals surface area contributed by atoms with Gasteiger partial charge in [-0.25, -0.2) is 0 Å². The van der Waals surface area contributed by atoms with Crippen LogP contribution in [0.3, 0.4) is 0 Å². The number of rotatable bonds is 14. The van der Waals surface area contributed by atoms with Crippen LogP contribution in [0, 0.1) is 27.7 Å². The predicted molar refractivity (Wildman–Crippen MR) is 373 cm³/mol. The van der Waals surface area contributed by atoms with Gasteiger partial charge in [0.15, 0.2) is 11.5 Å². The summed E-state index contributed by atoms with van der Waals surface area (Å²) in [4.78, 5) is 4.16. The van der Waals surface area contributed by atoms with E-state index in [1.165, 1.54) is 0 Å². The van der Waals surface area contributed by atoms with E-state index >= 15 is 0 Å². The zero-order valence-corrected chi connectivity index (χ0v) is 58.7. The second-order valence-electron chi connectivity index (χ2n) is 25.7. The molecule has 10 aromatic carbocycles. The summed E-state index contributed by atoms with van der Waals surface area (Å²) in [6.45, 7) is 22.4. The Bertz CT molecular complexity index is 4210. The summed E-state index contributed by atoms with van der Waals surface area (Å²) in [7, 11) is 3.35. The van der Waals surface area contributed by atoms with Crippen molar-refractivity contribution in [3.63, 3.8) is 0 Å². The third-order valence-electron chi connectivity index (χ3n) is 16.7.